The smallest absolute Gasteiger partial charge is 0.161 e. The molecule has 4 nitrogen and oxygen atoms in total. The van der Waals surface area contributed by atoms with Gasteiger partial charge in [0.2, 0.25) is 0 Å². The Hall–Kier alpha value is -1.26. The third kappa shape index (κ3) is 5.80. The maximum atomic E-state index is 9.11. The maximum Gasteiger partial charge on any atom is 0.161 e. The van der Waals surface area contributed by atoms with Gasteiger partial charge in [-0.05, 0) is 38.5 Å². The molecular weight excluding hydrogens is 254 g/mol. The van der Waals surface area contributed by atoms with Gasteiger partial charge in [-0.15, -0.1) is 0 Å². The average molecular weight is 281 g/mol. The lowest BCUT2D eigenvalue weighted by Gasteiger charge is -2.23. The van der Waals surface area contributed by atoms with E-state index in [4.69, 9.17) is 14.6 Å². The molecule has 0 amide bonds. The molecule has 114 valence electrons. The SMILES string of the molecule is COc1cc(CO)ccc1OCC(C)CNC(C)(C)C. The van der Waals surface area contributed by atoms with Crippen LogP contribution in [0.4, 0.5) is 0 Å². The Morgan fingerprint density at radius 1 is 1.25 bits per heavy atom. The van der Waals surface area contributed by atoms with Crippen LogP contribution in [-0.4, -0.2) is 30.9 Å². The van der Waals surface area contributed by atoms with Crippen molar-refractivity contribution in [3.8, 4) is 11.5 Å². The van der Waals surface area contributed by atoms with E-state index in [1.165, 1.54) is 0 Å². The third-order valence-corrected chi connectivity index (χ3v) is 2.91. The van der Waals surface area contributed by atoms with Crippen LogP contribution in [0.25, 0.3) is 0 Å². The van der Waals surface area contributed by atoms with Crippen LogP contribution in [0, 0.1) is 5.92 Å². The summed E-state index contributed by atoms with van der Waals surface area (Å²) in [5, 5.41) is 12.6. The van der Waals surface area contributed by atoms with Crippen LogP contribution < -0.4 is 14.8 Å². The third-order valence-electron chi connectivity index (χ3n) is 2.91. The van der Waals surface area contributed by atoms with Crippen molar-refractivity contribution in [2.75, 3.05) is 20.3 Å². The lowest BCUT2D eigenvalue weighted by molar-refractivity contribution is 0.234. The van der Waals surface area contributed by atoms with Crippen molar-refractivity contribution >= 4 is 0 Å². The monoisotopic (exact) mass is 281 g/mol. The second-order valence-corrected chi connectivity index (χ2v) is 6.19. The zero-order chi connectivity index (χ0) is 15.2. The van der Waals surface area contributed by atoms with E-state index in [-0.39, 0.29) is 12.1 Å². The van der Waals surface area contributed by atoms with Crippen molar-refractivity contribution in [1.82, 2.24) is 5.32 Å². The summed E-state index contributed by atoms with van der Waals surface area (Å²) >= 11 is 0. The first-order valence-electron chi connectivity index (χ1n) is 7.01. The van der Waals surface area contributed by atoms with Crippen molar-refractivity contribution in [3.05, 3.63) is 23.8 Å². The van der Waals surface area contributed by atoms with Crippen LogP contribution in [0.2, 0.25) is 0 Å². The molecule has 2 N–H and O–H groups in total. The topological polar surface area (TPSA) is 50.7 Å². The molecule has 0 saturated heterocycles. The largest absolute Gasteiger partial charge is 0.493 e. The van der Waals surface area contributed by atoms with Gasteiger partial charge in [-0.1, -0.05) is 13.0 Å². The van der Waals surface area contributed by atoms with Crippen LogP contribution in [0.3, 0.4) is 0 Å². The highest BCUT2D eigenvalue weighted by atomic mass is 16.5. The van der Waals surface area contributed by atoms with Crippen LogP contribution in [-0.2, 0) is 6.61 Å². The molecule has 0 fully saturated rings. The molecule has 20 heavy (non-hydrogen) atoms. The molecule has 1 atom stereocenters. The molecule has 0 aliphatic carbocycles. The number of benzene rings is 1. The molecule has 0 aliphatic heterocycles. The maximum absolute atomic E-state index is 9.11. The number of aliphatic hydroxyl groups is 1. The van der Waals surface area contributed by atoms with Gasteiger partial charge < -0.3 is 19.9 Å². The second-order valence-electron chi connectivity index (χ2n) is 6.19. The van der Waals surface area contributed by atoms with Gasteiger partial charge in [0.05, 0.1) is 20.3 Å². The highest BCUT2D eigenvalue weighted by Gasteiger charge is 2.12. The van der Waals surface area contributed by atoms with Crippen LogP contribution in [0.1, 0.15) is 33.3 Å². The van der Waals surface area contributed by atoms with Crippen LogP contribution in [0.5, 0.6) is 11.5 Å². The van der Waals surface area contributed by atoms with Gasteiger partial charge in [0.25, 0.3) is 0 Å². The summed E-state index contributed by atoms with van der Waals surface area (Å²) in [7, 11) is 1.61. The molecule has 0 aliphatic rings. The summed E-state index contributed by atoms with van der Waals surface area (Å²) in [6, 6.07) is 5.48. The zero-order valence-electron chi connectivity index (χ0n) is 13.2. The number of ether oxygens (including phenoxy) is 2. The lowest BCUT2D eigenvalue weighted by Crippen LogP contribution is -2.39. The number of nitrogens with one attached hydrogen (secondary N) is 1. The standard InChI is InChI=1S/C16H27NO3/c1-12(9-17-16(2,3)4)11-20-14-7-6-13(10-18)8-15(14)19-5/h6-8,12,17-18H,9-11H2,1-5H3. The number of hydrogen-bond acceptors (Lipinski definition) is 4. The summed E-state index contributed by atoms with van der Waals surface area (Å²) in [6.45, 7) is 10.1. The van der Waals surface area contributed by atoms with Gasteiger partial charge in [0, 0.05) is 18.0 Å². The fourth-order valence-corrected chi connectivity index (χ4v) is 1.70. The summed E-state index contributed by atoms with van der Waals surface area (Å²) in [5.41, 5.74) is 0.936. The predicted octanol–water partition coefficient (Wildman–Crippen LogP) is 2.59. The number of aliphatic hydroxyl groups excluding tert-OH is 1. The van der Waals surface area contributed by atoms with Crippen molar-refractivity contribution in [2.45, 2.75) is 39.8 Å². The van der Waals surface area contributed by atoms with Gasteiger partial charge in [-0.3, -0.25) is 0 Å². The molecule has 0 saturated carbocycles. The molecule has 4 heteroatoms. The highest BCUT2D eigenvalue weighted by Crippen LogP contribution is 2.28. The van der Waals surface area contributed by atoms with Gasteiger partial charge >= 0.3 is 0 Å². The van der Waals surface area contributed by atoms with Crippen molar-refractivity contribution in [1.29, 1.82) is 0 Å². The molecule has 0 radical (unpaired) electrons. The Labute approximate surface area is 122 Å². The summed E-state index contributed by atoms with van der Waals surface area (Å²) < 4.78 is 11.1. The molecule has 1 rings (SSSR count). The molecule has 0 spiro atoms. The Balaban J connectivity index is 2.52. The quantitative estimate of drug-likeness (QED) is 0.806. The summed E-state index contributed by atoms with van der Waals surface area (Å²) in [4.78, 5) is 0. The van der Waals surface area contributed by atoms with E-state index in [1.54, 1.807) is 13.2 Å². The first-order valence-corrected chi connectivity index (χ1v) is 7.01. The summed E-state index contributed by atoms with van der Waals surface area (Å²) in [5.74, 6) is 1.77. The van der Waals surface area contributed by atoms with E-state index >= 15 is 0 Å². The number of hydrogen-bond donors (Lipinski definition) is 2. The highest BCUT2D eigenvalue weighted by molar-refractivity contribution is 5.42. The number of methoxy groups -OCH3 is 1. The fraction of sp³-hybridized carbons (Fsp3) is 0.625. The normalized spacial score (nSPS) is 13.1. The Morgan fingerprint density at radius 3 is 2.50 bits per heavy atom. The van der Waals surface area contributed by atoms with E-state index < -0.39 is 0 Å². The minimum absolute atomic E-state index is 0.00253. The van der Waals surface area contributed by atoms with Gasteiger partial charge in [0.1, 0.15) is 0 Å². The molecule has 0 heterocycles. The van der Waals surface area contributed by atoms with Crippen LogP contribution in [0.15, 0.2) is 18.2 Å². The average Bonchev–Trinajstić information content (AvgIpc) is 2.41. The van der Waals surface area contributed by atoms with E-state index in [0.29, 0.717) is 24.0 Å². The first-order chi connectivity index (χ1) is 9.35. The van der Waals surface area contributed by atoms with Crippen molar-refractivity contribution in [2.24, 2.45) is 5.92 Å². The van der Waals surface area contributed by atoms with E-state index in [9.17, 15) is 0 Å². The first kappa shape index (κ1) is 16.8. The molecule has 1 aromatic rings. The predicted molar refractivity (Wildman–Crippen MR) is 81.3 cm³/mol. The van der Waals surface area contributed by atoms with Gasteiger partial charge in [0.15, 0.2) is 11.5 Å². The molecule has 0 bridgehead atoms. The van der Waals surface area contributed by atoms with Crippen molar-refractivity contribution < 1.29 is 14.6 Å². The fourth-order valence-electron chi connectivity index (χ4n) is 1.70. The second kappa shape index (κ2) is 7.50. The molecule has 0 aromatic heterocycles. The van der Waals surface area contributed by atoms with Gasteiger partial charge in [-0.25, -0.2) is 0 Å². The van der Waals surface area contributed by atoms with E-state index in [1.807, 2.05) is 12.1 Å². The minimum atomic E-state index is 0.00253. The van der Waals surface area contributed by atoms with Crippen molar-refractivity contribution in [3.63, 3.8) is 0 Å². The Kier molecular flexibility index (Phi) is 6.30. The Bertz CT molecular complexity index is 413. The molecular formula is C16H27NO3. The lowest BCUT2D eigenvalue weighted by atomic mass is 10.1. The Morgan fingerprint density at radius 2 is 1.95 bits per heavy atom. The van der Waals surface area contributed by atoms with Gasteiger partial charge in [-0.2, -0.15) is 0 Å². The van der Waals surface area contributed by atoms with E-state index in [2.05, 4.69) is 33.0 Å². The summed E-state index contributed by atoms with van der Waals surface area (Å²) in [6.07, 6.45) is 0. The van der Waals surface area contributed by atoms with Crippen LogP contribution >= 0.6 is 0 Å². The molecule has 1 aromatic carbocycles. The van der Waals surface area contributed by atoms with E-state index in [0.717, 1.165) is 12.1 Å². The number of rotatable bonds is 7. The zero-order valence-corrected chi connectivity index (χ0v) is 13.2. The minimum Gasteiger partial charge on any atom is -0.493 e. The molecule has 1 unspecified atom stereocenters.